The summed E-state index contributed by atoms with van der Waals surface area (Å²) in [5, 5.41) is 2.91. The molecule has 1 atom stereocenters. The lowest BCUT2D eigenvalue weighted by Gasteiger charge is -2.21. The van der Waals surface area contributed by atoms with E-state index in [0.717, 1.165) is 12.8 Å². The number of carbonyl (C=O) groups is 1. The summed E-state index contributed by atoms with van der Waals surface area (Å²) in [4.78, 5) is 11.7. The second kappa shape index (κ2) is 7.54. The summed E-state index contributed by atoms with van der Waals surface area (Å²) in [7, 11) is 0. The number of aryl methyl sites for hydroxylation is 1. The second-order valence-electron chi connectivity index (χ2n) is 6.15. The van der Waals surface area contributed by atoms with Gasteiger partial charge in [-0.15, -0.1) is 11.6 Å². The van der Waals surface area contributed by atoms with Gasteiger partial charge in [-0.05, 0) is 23.8 Å². The molecule has 1 aromatic carbocycles. The molecule has 1 rings (SSSR count). The minimum Gasteiger partial charge on any atom is -0.355 e. The van der Waals surface area contributed by atoms with E-state index in [9.17, 15) is 4.79 Å². The number of alkyl halides is 1. The molecule has 0 fully saturated rings. The molecule has 0 aliphatic heterocycles. The molecule has 0 aliphatic carbocycles. The Labute approximate surface area is 121 Å². The quantitative estimate of drug-likeness (QED) is 0.790. The first-order valence-corrected chi connectivity index (χ1v) is 7.25. The highest BCUT2D eigenvalue weighted by Crippen LogP contribution is 2.23. The van der Waals surface area contributed by atoms with Crippen LogP contribution >= 0.6 is 11.6 Å². The van der Waals surface area contributed by atoms with E-state index in [-0.39, 0.29) is 16.7 Å². The van der Waals surface area contributed by atoms with Gasteiger partial charge in [-0.25, -0.2) is 0 Å². The first-order valence-electron chi connectivity index (χ1n) is 6.81. The minimum absolute atomic E-state index is 0.000625. The van der Waals surface area contributed by atoms with Crippen LogP contribution in [0.5, 0.6) is 0 Å². The van der Waals surface area contributed by atoms with Crippen LogP contribution in [0.2, 0.25) is 0 Å². The van der Waals surface area contributed by atoms with E-state index in [0.29, 0.717) is 13.0 Å². The van der Waals surface area contributed by atoms with Crippen LogP contribution in [0, 0.1) is 5.41 Å². The summed E-state index contributed by atoms with van der Waals surface area (Å²) in [6.45, 7) is 7.01. The fourth-order valence-corrected chi connectivity index (χ4v) is 2.49. The Balaban J connectivity index is 2.21. The van der Waals surface area contributed by atoms with Crippen molar-refractivity contribution >= 4 is 17.5 Å². The SMILES string of the molecule is CC(C)(C)CC(Cl)CNC(=O)CCc1ccccc1. The standard InChI is InChI=1S/C16H24ClNO/c1-16(2,3)11-14(17)12-18-15(19)10-9-13-7-5-4-6-8-13/h4-8,14H,9-12H2,1-3H3,(H,18,19). The molecule has 1 N–H and O–H groups in total. The van der Waals surface area contributed by atoms with Crippen molar-refractivity contribution in [1.29, 1.82) is 0 Å². The summed E-state index contributed by atoms with van der Waals surface area (Å²) in [6, 6.07) is 10.0. The average Bonchev–Trinajstić information content (AvgIpc) is 2.33. The topological polar surface area (TPSA) is 29.1 Å². The number of hydrogen-bond donors (Lipinski definition) is 1. The number of nitrogens with one attached hydrogen (secondary N) is 1. The van der Waals surface area contributed by atoms with Gasteiger partial charge in [0.05, 0.1) is 5.38 Å². The molecule has 19 heavy (non-hydrogen) atoms. The molecular weight excluding hydrogens is 258 g/mol. The van der Waals surface area contributed by atoms with Crippen LogP contribution in [-0.2, 0) is 11.2 Å². The van der Waals surface area contributed by atoms with Gasteiger partial charge in [-0.3, -0.25) is 4.79 Å². The number of halogens is 1. The highest BCUT2D eigenvalue weighted by Gasteiger charge is 2.17. The van der Waals surface area contributed by atoms with Crippen LogP contribution in [0.15, 0.2) is 30.3 Å². The second-order valence-corrected chi connectivity index (χ2v) is 6.77. The largest absolute Gasteiger partial charge is 0.355 e. The maximum atomic E-state index is 11.7. The van der Waals surface area contributed by atoms with Gasteiger partial charge in [0.1, 0.15) is 0 Å². The zero-order valence-corrected chi connectivity index (χ0v) is 12.8. The number of benzene rings is 1. The zero-order chi connectivity index (χ0) is 14.3. The smallest absolute Gasteiger partial charge is 0.220 e. The zero-order valence-electron chi connectivity index (χ0n) is 12.1. The average molecular weight is 282 g/mol. The highest BCUT2D eigenvalue weighted by molar-refractivity contribution is 6.20. The van der Waals surface area contributed by atoms with Crippen molar-refractivity contribution in [1.82, 2.24) is 5.32 Å². The van der Waals surface area contributed by atoms with Crippen LogP contribution in [0.25, 0.3) is 0 Å². The molecular formula is C16H24ClNO. The fourth-order valence-electron chi connectivity index (χ4n) is 1.95. The van der Waals surface area contributed by atoms with Gasteiger partial charge >= 0.3 is 0 Å². The van der Waals surface area contributed by atoms with E-state index in [2.05, 4.69) is 26.1 Å². The van der Waals surface area contributed by atoms with Crippen molar-refractivity contribution in [3.8, 4) is 0 Å². The lowest BCUT2D eigenvalue weighted by atomic mass is 9.90. The molecule has 2 nitrogen and oxygen atoms in total. The number of rotatable bonds is 6. The first kappa shape index (κ1) is 16.0. The lowest BCUT2D eigenvalue weighted by Crippen LogP contribution is -2.31. The lowest BCUT2D eigenvalue weighted by molar-refractivity contribution is -0.121. The Morgan fingerprint density at radius 2 is 1.89 bits per heavy atom. The van der Waals surface area contributed by atoms with Crippen molar-refractivity contribution in [2.24, 2.45) is 5.41 Å². The van der Waals surface area contributed by atoms with Gasteiger partial charge in [-0.1, -0.05) is 51.1 Å². The Kier molecular flexibility index (Phi) is 6.36. The van der Waals surface area contributed by atoms with Crippen LogP contribution < -0.4 is 5.32 Å². The minimum atomic E-state index is 0.000625. The predicted octanol–water partition coefficient (Wildman–Crippen LogP) is 3.78. The van der Waals surface area contributed by atoms with Gasteiger partial charge in [0, 0.05) is 13.0 Å². The summed E-state index contributed by atoms with van der Waals surface area (Å²) in [5.74, 6) is 0.0726. The van der Waals surface area contributed by atoms with Gasteiger partial charge < -0.3 is 5.32 Å². The van der Waals surface area contributed by atoms with E-state index in [4.69, 9.17) is 11.6 Å². The van der Waals surface area contributed by atoms with Crippen molar-refractivity contribution in [3.05, 3.63) is 35.9 Å². The third-order valence-electron chi connectivity index (χ3n) is 2.84. The Morgan fingerprint density at radius 1 is 1.26 bits per heavy atom. The molecule has 1 amide bonds. The third-order valence-corrected chi connectivity index (χ3v) is 3.15. The summed E-state index contributed by atoms with van der Waals surface area (Å²) >= 11 is 6.21. The molecule has 0 saturated carbocycles. The Morgan fingerprint density at radius 3 is 2.47 bits per heavy atom. The van der Waals surface area contributed by atoms with Crippen molar-refractivity contribution < 1.29 is 4.79 Å². The highest BCUT2D eigenvalue weighted by atomic mass is 35.5. The van der Waals surface area contributed by atoms with E-state index in [1.165, 1.54) is 5.56 Å². The van der Waals surface area contributed by atoms with E-state index >= 15 is 0 Å². The first-order chi connectivity index (χ1) is 8.87. The number of amides is 1. The summed E-state index contributed by atoms with van der Waals surface area (Å²) in [5.41, 5.74) is 1.39. The molecule has 0 heterocycles. The fraction of sp³-hybridized carbons (Fsp3) is 0.562. The monoisotopic (exact) mass is 281 g/mol. The molecule has 0 saturated heterocycles. The predicted molar refractivity (Wildman–Crippen MR) is 81.5 cm³/mol. The van der Waals surface area contributed by atoms with Crippen LogP contribution in [0.3, 0.4) is 0 Å². The molecule has 0 aromatic heterocycles. The van der Waals surface area contributed by atoms with E-state index < -0.39 is 0 Å². The summed E-state index contributed by atoms with van der Waals surface area (Å²) in [6.07, 6.45) is 2.19. The molecule has 0 radical (unpaired) electrons. The molecule has 0 aliphatic rings. The van der Waals surface area contributed by atoms with E-state index in [1.54, 1.807) is 0 Å². The molecule has 3 heteroatoms. The maximum absolute atomic E-state index is 11.7. The number of carbonyl (C=O) groups excluding carboxylic acids is 1. The molecule has 0 bridgehead atoms. The summed E-state index contributed by atoms with van der Waals surface area (Å²) < 4.78 is 0. The third kappa shape index (κ3) is 7.89. The molecule has 1 aromatic rings. The van der Waals surface area contributed by atoms with Crippen LogP contribution in [-0.4, -0.2) is 17.8 Å². The van der Waals surface area contributed by atoms with Crippen molar-refractivity contribution in [2.45, 2.75) is 45.4 Å². The Bertz CT molecular complexity index is 383. The number of hydrogen-bond acceptors (Lipinski definition) is 1. The van der Waals surface area contributed by atoms with E-state index in [1.807, 2.05) is 30.3 Å². The maximum Gasteiger partial charge on any atom is 0.220 e. The van der Waals surface area contributed by atoms with Crippen molar-refractivity contribution in [3.63, 3.8) is 0 Å². The molecule has 0 spiro atoms. The normalized spacial score (nSPS) is 13.1. The van der Waals surface area contributed by atoms with Gasteiger partial charge in [0.25, 0.3) is 0 Å². The van der Waals surface area contributed by atoms with Gasteiger partial charge in [-0.2, -0.15) is 0 Å². The van der Waals surface area contributed by atoms with Gasteiger partial charge in [0.15, 0.2) is 0 Å². The molecule has 1 unspecified atom stereocenters. The Hall–Kier alpha value is -1.02. The van der Waals surface area contributed by atoms with Gasteiger partial charge in [0.2, 0.25) is 5.91 Å². The van der Waals surface area contributed by atoms with Crippen LogP contribution in [0.1, 0.15) is 39.2 Å². The van der Waals surface area contributed by atoms with Crippen LogP contribution in [0.4, 0.5) is 0 Å². The molecule has 106 valence electrons. The van der Waals surface area contributed by atoms with Crippen molar-refractivity contribution in [2.75, 3.05) is 6.54 Å².